The van der Waals surface area contributed by atoms with E-state index >= 15 is 0 Å². The molecule has 61 heavy (non-hydrogen) atoms. The van der Waals surface area contributed by atoms with Crippen molar-refractivity contribution in [3.63, 3.8) is 0 Å². The predicted molar refractivity (Wildman–Crippen MR) is 251 cm³/mol. The summed E-state index contributed by atoms with van der Waals surface area (Å²) in [5.74, 6) is -1.54. The summed E-state index contributed by atoms with van der Waals surface area (Å²) in [7, 11) is -4.82. The van der Waals surface area contributed by atoms with Gasteiger partial charge in [-0.1, -0.05) is 218 Å². The molecule has 0 heterocycles. The fraction of sp³-hybridized carbons (Fsp3) is 0.769. The molecule has 9 heteroatoms. The number of rotatable bonds is 43. The number of ether oxygens (including phenoxy) is 2. The van der Waals surface area contributed by atoms with E-state index < -0.39 is 27.0 Å². The number of unbranched alkanes of at least 4 members (excludes halogenated alkanes) is 32. The zero-order valence-electron chi connectivity index (χ0n) is 39.7. The third kappa shape index (κ3) is 37.1. The maximum atomic E-state index is 13.0. The van der Waals surface area contributed by atoms with Gasteiger partial charge in [0, 0.05) is 0 Å². The molecule has 346 valence electrons. The molecule has 0 radical (unpaired) electrons. The normalized spacial score (nSPS) is 11.7. The number of esters is 2. The minimum atomic E-state index is -4.82. The van der Waals surface area contributed by atoms with Crippen molar-refractivity contribution >= 4 is 22.1 Å². The van der Waals surface area contributed by atoms with Crippen molar-refractivity contribution in [2.75, 3.05) is 13.2 Å². The molecule has 0 aliphatic heterocycles. The summed E-state index contributed by atoms with van der Waals surface area (Å²) in [6.07, 6.45) is 53.7. The van der Waals surface area contributed by atoms with Gasteiger partial charge in [0.25, 0.3) is 0 Å². The van der Waals surface area contributed by atoms with Crippen LogP contribution >= 0.6 is 0 Å². The smallest absolute Gasteiger partial charge is 0.744 e. The van der Waals surface area contributed by atoms with Gasteiger partial charge < -0.3 is 14.0 Å². The zero-order chi connectivity index (χ0) is 43.6. The molecule has 0 N–H and O–H groups in total. The molecule has 1 rings (SSSR count). The summed E-state index contributed by atoms with van der Waals surface area (Å²) in [6, 6.07) is 3.16. The van der Waals surface area contributed by atoms with Crippen LogP contribution in [0.1, 0.15) is 266 Å². The second kappa shape index (κ2) is 44.4. The van der Waals surface area contributed by atoms with E-state index in [-0.39, 0.29) is 75.7 Å². The van der Waals surface area contributed by atoms with E-state index in [2.05, 4.69) is 38.2 Å². The van der Waals surface area contributed by atoms with Crippen molar-refractivity contribution in [3.8, 4) is 0 Å². The summed E-state index contributed by atoms with van der Waals surface area (Å²) < 4.78 is 46.0. The molecule has 0 aliphatic rings. The largest absolute Gasteiger partial charge is 1.00 e. The third-order valence-electron chi connectivity index (χ3n) is 11.5. The Morgan fingerprint density at radius 3 is 1.02 bits per heavy atom. The molecular weight excluding hydrogens is 808 g/mol. The monoisotopic (exact) mass is 897 g/mol. The van der Waals surface area contributed by atoms with Crippen molar-refractivity contribution in [2.45, 2.75) is 250 Å². The first kappa shape index (κ1) is 60.2. The van der Waals surface area contributed by atoms with Gasteiger partial charge in [-0.25, -0.2) is 18.0 Å². The van der Waals surface area contributed by atoms with Gasteiger partial charge in [-0.15, -0.1) is 0 Å². The molecule has 0 atom stereocenters. The van der Waals surface area contributed by atoms with Crippen LogP contribution in [-0.2, 0) is 19.6 Å². The standard InChI is InChI=1S/C52H90O7S.K/c1-3-5-7-9-11-13-15-17-19-21-23-25-27-29-31-33-35-37-39-41-45-58-51(53)49-44-43-48(60(55,56)57)47-50(49)52(54)59-46-42-40-38-36-34-32-30-28-26-24-22-20-18-16-14-12-10-8-6-4-2;/h5-8,43-44,47H,3-4,9-42,45-46H2,1-2H3,(H,55,56,57);/q;+1/p-1/b7-5+,8-6+;. The molecule has 0 aliphatic carbocycles. The number of hydrogen-bond donors (Lipinski definition) is 0. The molecule has 0 unspecified atom stereocenters. The second-order valence-corrected chi connectivity index (χ2v) is 18.5. The van der Waals surface area contributed by atoms with Gasteiger partial charge >= 0.3 is 63.3 Å². The Balaban J connectivity index is 0.0000360. The molecule has 0 bridgehead atoms. The van der Waals surface area contributed by atoms with Crippen LogP contribution < -0.4 is 51.4 Å². The maximum absolute atomic E-state index is 13.0. The van der Waals surface area contributed by atoms with Crippen molar-refractivity contribution in [3.05, 3.63) is 53.6 Å². The first-order valence-corrected chi connectivity index (χ1v) is 26.5. The van der Waals surface area contributed by atoms with Crippen LogP contribution in [0.2, 0.25) is 0 Å². The topological polar surface area (TPSA) is 110 Å². The number of carbonyl (C=O) groups excluding carboxylic acids is 2. The molecule has 0 saturated carbocycles. The summed E-state index contributed by atoms with van der Waals surface area (Å²) in [5.41, 5.74) is -0.329. The van der Waals surface area contributed by atoms with E-state index in [1.807, 2.05) is 0 Å². The third-order valence-corrected chi connectivity index (χ3v) is 12.4. The molecule has 1 aromatic rings. The van der Waals surface area contributed by atoms with Crippen LogP contribution in [0, 0.1) is 0 Å². The molecule has 1 aromatic carbocycles. The Labute approximate surface area is 418 Å². The van der Waals surface area contributed by atoms with E-state index in [0.29, 0.717) is 12.8 Å². The van der Waals surface area contributed by atoms with Crippen molar-refractivity contribution in [2.24, 2.45) is 0 Å². The predicted octanol–water partition coefficient (Wildman–Crippen LogP) is 13.1. The zero-order valence-corrected chi connectivity index (χ0v) is 43.6. The minimum absolute atomic E-state index is 0. The Morgan fingerprint density at radius 2 is 0.721 bits per heavy atom. The molecule has 0 amide bonds. The summed E-state index contributed by atoms with van der Waals surface area (Å²) in [5, 5.41) is 0. The quantitative estimate of drug-likeness (QED) is 0.0211. The second-order valence-electron chi connectivity index (χ2n) is 17.1. The fourth-order valence-electron chi connectivity index (χ4n) is 7.76. The van der Waals surface area contributed by atoms with Gasteiger partial charge in [-0.3, -0.25) is 0 Å². The van der Waals surface area contributed by atoms with Crippen LogP contribution in [-0.4, -0.2) is 38.1 Å². The average Bonchev–Trinajstić information content (AvgIpc) is 3.24. The molecule has 0 aromatic heterocycles. The van der Waals surface area contributed by atoms with Gasteiger partial charge in [0.2, 0.25) is 0 Å². The van der Waals surface area contributed by atoms with E-state index in [1.54, 1.807) is 0 Å². The molecule has 0 saturated heterocycles. The molecule has 0 spiro atoms. The van der Waals surface area contributed by atoms with Crippen LogP contribution in [0.15, 0.2) is 47.4 Å². The maximum Gasteiger partial charge on any atom is 1.00 e. The van der Waals surface area contributed by atoms with Crippen molar-refractivity contribution in [1.29, 1.82) is 0 Å². The first-order valence-electron chi connectivity index (χ1n) is 25.0. The van der Waals surface area contributed by atoms with Crippen molar-refractivity contribution < 1.29 is 83.4 Å². The van der Waals surface area contributed by atoms with Crippen LogP contribution in [0.5, 0.6) is 0 Å². The Bertz CT molecular complexity index is 1340. The summed E-state index contributed by atoms with van der Waals surface area (Å²) in [6.45, 7) is 4.75. The van der Waals surface area contributed by atoms with Crippen LogP contribution in [0.4, 0.5) is 0 Å². The molecule has 0 fully saturated rings. The Hall–Kier alpha value is -0.814. The Morgan fingerprint density at radius 1 is 0.443 bits per heavy atom. The molecule has 7 nitrogen and oxygen atoms in total. The van der Waals surface area contributed by atoms with Crippen LogP contribution in [0.3, 0.4) is 0 Å². The van der Waals surface area contributed by atoms with E-state index in [0.717, 1.165) is 57.1 Å². The number of benzene rings is 1. The number of allylic oxidation sites excluding steroid dienone is 4. The molecular formula is C52H89KO7S. The number of hydrogen-bond acceptors (Lipinski definition) is 7. The average molecular weight is 897 g/mol. The van der Waals surface area contributed by atoms with E-state index in [1.165, 1.54) is 179 Å². The van der Waals surface area contributed by atoms with Gasteiger partial charge in [-0.05, 0) is 69.6 Å². The van der Waals surface area contributed by atoms with Gasteiger partial charge in [-0.2, -0.15) is 0 Å². The van der Waals surface area contributed by atoms with Crippen molar-refractivity contribution in [1.82, 2.24) is 0 Å². The fourth-order valence-corrected chi connectivity index (χ4v) is 8.26. The van der Waals surface area contributed by atoms with Gasteiger partial charge in [0.1, 0.15) is 10.1 Å². The summed E-state index contributed by atoms with van der Waals surface area (Å²) in [4.78, 5) is 25.3. The van der Waals surface area contributed by atoms with Gasteiger partial charge in [0.15, 0.2) is 0 Å². The number of carbonyl (C=O) groups is 2. The van der Waals surface area contributed by atoms with Gasteiger partial charge in [0.05, 0.1) is 29.2 Å². The van der Waals surface area contributed by atoms with Crippen LogP contribution in [0.25, 0.3) is 0 Å². The minimum Gasteiger partial charge on any atom is -0.744 e. The summed E-state index contributed by atoms with van der Waals surface area (Å²) >= 11 is 0. The van der Waals surface area contributed by atoms with E-state index in [9.17, 15) is 22.6 Å². The van der Waals surface area contributed by atoms with E-state index in [4.69, 9.17) is 9.47 Å². The SMILES string of the molecule is CC/C=C/CCCCCCCCCCCCCCCCCCOC(=O)c1ccc(S(=O)(=O)[O-])cc1C(=O)OCCCCCCCCCCCCCCCCCC/C=C/CC.[K+]. The first-order chi connectivity index (χ1) is 29.3. The Kier molecular flexibility index (Phi) is 43.8.